The average molecular weight is 499 g/mol. The van der Waals surface area contributed by atoms with E-state index in [-0.39, 0.29) is 5.57 Å². The molecule has 0 fully saturated rings. The first-order valence-electron chi connectivity index (χ1n) is 11.2. The summed E-state index contributed by atoms with van der Waals surface area (Å²) in [6, 6.07) is 14.6. The highest BCUT2D eigenvalue weighted by Crippen LogP contribution is 2.37. The van der Waals surface area contributed by atoms with E-state index in [9.17, 15) is 10.1 Å². The minimum Gasteiger partial charge on any atom is -0.490 e. The summed E-state index contributed by atoms with van der Waals surface area (Å²) in [5.41, 5.74) is 1.31. The summed E-state index contributed by atoms with van der Waals surface area (Å²) < 4.78 is 12.5. The minimum atomic E-state index is -0.462. The summed E-state index contributed by atoms with van der Waals surface area (Å²) >= 11 is 3.56. The number of rotatable bonds is 13. The lowest BCUT2D eigenvalue weighted by molar-refractivity contribution is -0.112. The zero-order valence-electron chi connectivity index (χ0n) is 18.8. The molecule has 2 rings (SSSR count). The molecule has 6 heteroatoms. The van der Waals surface area contributed by atoms with Crippen molar-refractivity contribution in [3.63, 3.8) is 0 Å². The van der Waals surface area contributed by atoms with Gasteiger partial charge in [-0.25, -0.2) is 0 Å². The molecule has 170 valence electrons. The van der Waals surface area contributed by atoms with Crippen LogP contribution in [0, 0.1) is 11.3 Å². The van der Waals surface area contributed by atoms with E-state index in [4.69, 9.17) is 9.47 Å². The molecule has 1 N–H and O–H groups in total. The van der Waals surface area contributed by atoms with Crippen molar-refractivity contribution >= 4 is 33.6 Å². The largest absolute Gasteiger partial charge is 0.490 e. The number of carbonyl (C=O) groups is 1. The average Bonchev–Trinajstić information content (AvgIpc) is 2.79. The number of unbranched alkanes of at least 4 members (excludes halogenated alkanes) is 5. The summed E-state index contributed by atoms with van der Waals surface area (Å²) in [4.78, 5) is 12.5. The number of halogens is 1. The smallest absolute Gasteiger partial charge is 0.266 e. The molecule has 0 atom stereocenters. The Morgan fingerprint density at radius 1 is 1.06 bits per heavy atom. The number of nitrogens with one attached hydrogen (secondary N) is 1. The number of nitriles is 1. The lowest BCUT2D eigenvalue weighted by Gasteiger charge is -2.15. The van der Waals surface area contributed by atoms with Crippen molar-refractivity contribution < 1.29 is 14.3 Å². The summed E-state index contributed by atoms with van der Waals surface area (Å²) in [6.45, 7) is 5.21. The molecule has 0 aliphatic heterocycles. The Kier molecular flexibility index (Phi) is 11.4. The molecular formula is C26H31BrN2O3. The van der Waals surface area contributed by atoms with Gasteiger partial charge < -0.3 is 14.8 Å². The van der Waals surface area contributed by atoms with E-state index < -0.39 is 5.91 Å². The predicted molar refractivity (Wildman–Crippen MR) is 133 cm³/mol. The van der Waals surface area contributed by atoms with Gasteiger partial charge in [-0.05, 0) is 65.2 Å². The summed E-state index contributed by atoms with van der Waals surface area (Å²) in [5.74, 6) is 0.765. The monoisotopic (exact) mass is 498 g/mol. The molecular weight excluding hydrogens is 468 g/mol. The SMILES string of the molecule is CCCCCCCCOc1c(Br)cc(/C=C(\C#N)C(=O)Nc2ccccc2)cc1OCC. The molecule has 0 aliphatic rings. The molecule has 0 radical (unpaired) electrons. The first-order valence-corrected chi connectivity index (χ1v) is 12.0. The van der Waals surface area contributed by atoms with Gasteiger partial charge in [0.1, 0.15) is 11.6 Å². The van der Waals surface area contributed by atoms with Crippen LogP contribution in [0.5, 0.6) is 11.5 Å². The lowest BCUT2D eigenvalue weighted by Crippen LogP contribution is -2.13. The zero-order chi connectivity index (χ0) is 23.2. The highest BCUT2D eigenvalue weighted by Gasteiger charge is 2.14. The summed E-state index contributed by atoms with van der Waals surface area (Å²) in [6.07, 6.45) is 8.69. The number of hydrogen-bond donors (Lipinski definition) is 1. The fourth-order valence-corrected chi connectivity index (χ4v) is 3.74. The molecule has 2 aromatic carbocycles. The Morgan fingerprint density at radius 2 is 1.78 bits per heavy atom. The van der Waals surface area contributed by atoms with Gasteiger partial charge in [0.25, 0.3) is 5.91 Å². The van der Waals surface area contributed by atoms with Crippen molar-refractivity contribution in [3.8, 4) is 17.6 Å². The summed E-state index contributed by atoms with van der Waals surface area (Å²) in [5, 5.41) is 12.2. The van der Waals surface area contributed by atoms with Gasteiger partial charge in [-0.15, -0.1) is 0 Å². The van der Waals surface area contributed by atoms with Crippen LogP contribution in [-0.2, 0) is 4.79 Å². The second kappa shape index (κ2) is 14.3. The van der Waals surface area contributed by atoms with Crippen LogP contribution in [0.25, 0.3) is 6.08 Å². The van der Waals surface area contributed by atoms with Crippen LogP contribution in [0.2, 0.25) is 0 Å². The van der Waals surface area contributed by atoms with Gasteiger partial charge in [0.05, 0.1) is 17.7 Å². The number of carbonyl (C=O) groups excluding carboxylic acids is 1. The third kappa shape index (κ3) is 8.39. The highest BCUT2D eigenvalue weighted by atomic mass is 79.9. The highest BCUT2D eigenvalue weighted by molar-refractivity contribution is 9.10. The number of para-hydroxylation sites is 1. The number of nitrogens with zero attached hydrogens (tertiary/aromatic N) is 1. The fourth-order valence-electron chi connectivity index (χ4n) is 3.17. The van der Waals surface area contributed by atoms with Crippen molar-refractivity contribution in [2.75, 3.05) is 18.5 Å². The van der Waals surface area contributed by atoms with Crippen LogP contribution in [0.3, 0.4) is 0 Å². The van der Waals surface area contributed by atoms with Crippen molar-refractivity contribution in [1.82, 2.24) is 0 Å². The van der Waals surface area contributed by atoms with E-state index in [0.717, 1.165) is 17.3 Å². The molecule has 0 bridgehead atoms. The molecule has 0 spiro atoms. The Morgan fingerprint density at radius 3 is 2.47 bits per heavy atom. The zero-order valence-corrected chi connectivity index (χ0v) is 20.4. The van der Waals surface area contributed by atoms with Crippen LogP contribution >= 0.6 is 15.9 Å². The summed E-state index contributed by atoms with van der Waals surface area (Å²) in [7, 11) is 0. The van der Waals surface area contributed by atoms with Crippen LogP contribution in [-0.4, -0.2) is 19.1 Å². The van der Waals surface area contributed by atoms with E-state index in [1.165, 1.54) is 25.7 Å². The molecule has 0 aliphatic carbocycles. The van der Waals surface area contributed by atoms with Gasteiger partial charge in [0.2, 0.25) is 0 Å². The first kappa shape index (κ1) is 25.5. The Bertz CT molecular complexity index is 936. The van der Waals surface area contributed by atoms with E-state index >= 15 is 0 Å². The normalized spacial score (nSPS) is 11.0. The molecule has 1 amide bonds. The third-order valence-electron chi connectivity index (χ3n) is 4.78. The Labute approximate surface area is 199 Å². The van der Waals surface area contributed by atoms with Gasteiger partial charge in [0, 0.05) is 5.69 Å². The van der Waals surface area contributed by atoms with E-state index in [1.54, 1.807) is 24.3 Å². The van der Waals surface area contributed by atoms with Gasteiger partial charge in [-0.1, -0.05) is 57.2 Å². The number of anilines is 1. The molecule has 0 heterocycles. The van der Waals surface area contributed by atoms with Crippen LogP contribution in [0.1, 0.15) is 57.9 Å². The maximum absolute atomic E-state index is 12.5. The second-order valence-corrected chi connectivity index (χ2v) is 8.22. The topological polar surface area (TPSA) is 71.3 Å². The number of ether oxygens (including phenoxy) is 2. The quantitative estimate of drug-likeness (QED) is 0.181. The predicted octanol–water partition coefficient (Wildman–Crippen LogP) is 7.13. The maximum Gasteiger partial charge on any atom is 0.266 e. The number of benzene rings is 2. The standard InChI is InChI=1S/C26H31BrN2O3/c1-3-5-6-7-8-12-15-32-25-23(27)17-20(18-24(25)31-4-2)16-21(19-28)26(30)29-22-13-10-9-11-14-22/h9-11,13-14,16-18H,3-8,12,15H2,1-2H3,(H,29,30)/b21-16+. The van der Waals surface area contributed by atoms with Gasteiger partial charge in [0.15, 0.2) is 11.5 Å². The molecule has 0 aromatic heterocycles. The van der Waals surface area contributed by atoms with Gasteiger partial charge in [-0.3, -0.25) is 4.79 Å². The first-order chi connectivity index (χ1) is 15.6. The molecule has 0 unspecified atom stereocenters. The molecule has 2 aromatic rings. The molecule has 0 saturated carbocycles. The molecule has 0 saturated heterocycles. The van der Waals surface area contributed by atoms with E-state index in [2.05, 4.69) is 28.2 Å². The molecule has 32 heavy (non-hydrogen) atoms. The van der Waals surface area contributed by atoms with Gasteiger partial charge in [-0.2, -0.15) is 5.26 Å². The number of amides is 1. The number of hydrogen-bond acceptors (Lipinski definition) is 4. The van der Waals surface area contributed by atoms with Crippen LogP contribution < -0.4 is 14.8 Å². The van der Waals surface area contributed by atoms with Crippen molar-refractivity contribution in [2.45, 2.75) is 52.4 Å². The van der Waals surface area contributed by atoms with Crippen molar-refractivity contribution in [2.24, 2.45) is 0 Å². The van der Waals surface area contributed by atoms with Crippen LogP contribution in [0.4, 0.5) is 5.69 Å². The van der Waals surface area contributed by atoms with Gasteiger partial charge >= 0.3 is 0 Å². The minimum absolute atomic E-state index is 0.00366. The Balaban J connectivity index is 2.11. The fraction of sp³-hybridized carbons (Fsp3) is 0.385. The maximum atomic E-state index is 12.5. The van der Waals surface area contributed by atoms with Crippen LogP contribution in [0.15, 0.2) is 52.5 Å². The van der Waals surface area contributed by atoms with E-state index in [1.807, 2.05) is 37.3 Å². The molecule has 5 nitrogen and oxygen atoms in total. The van der Waals surface area contributed by atoms with Crippen molar-refractivity contribution in [3.05, 3.63) is 58.1 Å². The second-order valence-electron chi connectivity index (χ2n) is 7.37. The van der Waals surface area contributed by atoms with E-state index in [0.29, 0.717) is 36.0 Å². The van der Waals surface area contributed by atoms with Crippen molar-refractivity contribution in [1.29, 1.82) is 5.26 Å². The Hall–Kier alpha value is -2.78. The lowest BCUT2D eigenvalue weighted by atomic mass is 10.1. The third-order valence-corrected chi connectivity index (χ3v) is 5.37.